The number of amides is 2. The van der Waals surface area contributed by atoms with Crippen LogP contribution in [0.25, 0.3) is 39.2 Å². The van der Waals surface area contributed by atoms with Crippen LogP contribution in [-0.4, -0.2) is 78.5 Å². The molecule has 4 aromatic heterocycles. The number of methoxy groups -OCH3 is 2. The van der Waals surface area contributed by atoms with Crippen LogP contribution >= 0.6 is 23.2 Å². The average molecular weight is 679 g/mol. The number of pyridine rings is 2. The Morgan fingerprint density at radius 1 is 1.06 bits per heavy atom. The van der Waals surface area contributed by atoms with Gasteiger partial charge in [-0.25, -0.2) is 14.3 Å². The van der Waals surface area contributed by atoms with Crippen LogP contribution in [0.3, 0.4) is 0 Å². The van der Waals surface area contributed by atoms with Crippen LogP contribution in [0.1, 0.15) is 24.2 Å². The van der Waals surface area contributed by atoms with Crippen LogP contribution in [0.15, 0.2) is 54.9 Å². The highest BCUT2D eigenvalue weighted by Gasteiger charge is 2.26. The van der Waals surface area contributed by atoms with Crippen LogP contribution in [0.5, 0.6) is 11.8 Å². The second-order valence-electron chi connectivity index (χ2n) is 10.8. The number of carbonyl (C=O) groups is 2. The minimum atomic E-state index is -1.11. The van der Waals surface area contributed by atoms with Crippen LogP contribution < -0.4 is 14.8 Å². The first-order chi connectivity index (χ1) is 22.7. The van der Waals surface area contributed by atoms with Gasteiger partial charge in [0.1, 0.15) is 12.1 Å². The minimum Gasteiger partial charge on any atom is -0.481 e. The summed E-state index contributed by atoms with van der Waals surface area (Å²) in [6.45, 7) is -0.178. The molecule has 15 heteroatoms. The summed E-state index contributed by atoms with van der Waals surface area (Å²) >= 11 is 14.0. The summed E-state index contributed by atoms with van der Waals surface area (Å²) in [7, 11) is 2.95. The molecule has 5 aromatic rings. The summed E-state index contributed by atoms with van der Waals surface area (Å²) in [5.74, 6) is 0.659. The van der Waals surface area contributed by atoms with Crippen LogP contribution in [0.4, 0.5) is 4.79 Å². The standard InChI is InChI=1S/C32H29Cl2N7O6/c1-46-30-17(13-40(32(44)45)15-19-7-9-26(43)36-19)6-8-23(37-30)22-5-3-4-20(27(22)33)21-10-11-35-29(28(21)34)18-12-24-31(47-2)38-25(16-42)39-41(24)14-18/h3-6,8,10-12,14,19,42H,7,9,13,15-16H2,1-2H3,(H,36,43)(H,44,45)/t19-/m0/s1. The molecule has 2 amide bonds. The lowest BCUT2D eigenvalue weighted by Crippen LogP contribution is -2.41. The molecule has 0 aliphatic carbocycles. The van der Waals surface area contributed by atoms with E-state index in [1.807, 2.05) is 18.2 Å². The van der Waals surface area contributed by atoms with E-state index < -0.39 is 6.09 Å². The molecular formula is C32H29Cl2N7O6. The molecule has 1 saturated heterocycles. The summed E-state index contributed by atoms with van der Waals surface area (Å²) in [6.07, 6.45) is 3.19. The second kappa shape index (κ2) is 13.4. The molecule has 0 saturated carbocycles. The van der Waals surface area contributed by atoms with E-state index in [4.69, 9.17) is 32.7 Å². The van der Waals surface area contributed by atoms with Crippen molar-refractivity contribution in [3.8, 4) is 45.4 Å². The lowest BCUT2D eigenvalue weighted by molar-refractivity contribution is -0.119. The molecule has 5 heterocycles. The summed E-state index contributed by atoms with van der Waals surface area (Å²) in [5.41, 5.74) is 4.66. The minimum absolute atomic E-state index is 0.0229. The summed E-state index contributed by atoms with van der Waals surface area (Å²) in [6, 6.07) is 12.3. The van der Waals surface area contributed by atoms with E-state index in [1.54, 1.807) is 41.2 Å². The van der Waals surface area contributed by atoms with Gasteiger partial charge in [0.2, 0.25) is 17.7 Å². The highest BCUT2D eigenvalue weighted by atomic mass is 35.5. The maximum absolute atomic E-state index is 12.0. The number of hydrogen-bond donors (Lipinski definition) is 3. The van der Waals surface area contributed by atoms with E-state index in [2.05, 4.69) is 25.4 Å². The molecule has 1 fully saturated rings. The fourth-order valence-electron chi connectivity index (χ4n) is 5.57. The summed E-state index contributed by atoms with van der Waals surface area (Å²) in [4.78, 5) is 38.3. The molecule has 242 valence electrons. The quantitative estimate of drug-likeness (QED) is 0.181. The van der Waals surface area contributed by atoms with Crippen molar-refractivity contribution >= 4 is 40.7 Å². The number of hydrogen-bond acceptors (Lipinski definition) is 9. The van der Waals surface area contributed by atoms with Crippen LogP contribution in [0, 0.1) is 0 Å². The van der Waals surface area contributed by atoms with Crippen molar-refractivity contribution in [1.29, 1.82) is 0 Å². The number of fused-ring (bicyclic) bond motifs is 1. The van der Waals surface area contributed by atoms with E-state index in [0.717, 1.165) is 0 Å². The zero-order valence-electron chi connectivity index (χ0n) is 25.3. The third-order valence-electron chi connectivity index (χ3n) is 7.83. The Morgan fingerprint density at radius 2 is 1.83 bits per heavy atom. The van der Waals surface area contributed by atoms with Gasteiger partial charge < -0.3 is 29.9 Å². The number of ether oxygens (including phenoxy) is 2. The molecule has 1 aliphatic rings. The molecule has 1 atom stereocenters. The molecule has 3 N–H and O–H groups in total. The number of aliphatic hydroxyl groups excluding tert-OH is 1. The molecular weight excluding hydrogens is 649 g/mol. The molecule has 0 bridgehead atoms. The van der Waals surface area contributed by atoms with Gasteiger partial charge in [-0.2, -0.15) is 4.98 Å². The average Bonchev–Trinajstić information content (AvgIpc) is 3.70. The smallest absolute Gasteiger partial charge is 0.407 e. The van der Waals surface area contributed by atoms with Gasteiger partial charge in [0.05, 0.1) is 42.2 Å². The van der Waals surface area contributed by atoms with Crippen molar-refractivity contribution < 1.29 is 29.3 Å². The van der Waals surface area contributed by atoms with Crippen LogP contribution in [-0.2, 0) is 17.9 Å². The number of aromatic nitrogens is 5. The van der Waals surface area contributed by atoms with Crippen molar-refractivity contribution in [2.75, 3.05) is 20.8 Å². The van der Waals surface area contributed by atoms with Gasteiger partial charge in [-0.1, -0.05) is 41.4 Å². The molecule has 1 aliphatic heterocycles. The van der Waals surface area contributed by atoms with Crippen molar-refractivity contribution in [3.05, 3.63) is 76.3 Å². The Labute approximate surface area is 278 Å². The third kappa shape index (κ3) is 6.37. The fraction of sp³-hybridized carbons (Fsp3) is 0.250. The van der Waals surface area contributed by atoms with Crippen molar-refractivity contribution in [2.24, 2.45) is 0 Å². The zero-order chi connectivity index (χ0) is 33.2. The van der Waals surface area contributed by atoms with E-state index >= 15 is 0 Å². The van der Waals surface area contributed by atoms with Gasteiger partial charge in [0.15, 0.2) is 5.82 Å². The number of halogens is 2. The SMILES string of the molecule is COc1nc(-c2cccc(-c3ccnc(-c4cc5c(OC)nc(CO)nn5c4)c3Cl)c2Cl)ccc1CN(C[C@@H]1CCC(=O)N1)C(=O)O. The molecule has 47 heavy (non-hydrogen) atoms. The third-order valence-corrected chi connectivity index (χ3v) is 8.62. The number of benzene rings is 1. The highest BCUT2D eigenvalue weighted by Crippen LogP contribution is 2.42. The van der Waals surface area contributed by atoms with Crippen molar-refractivity contribution in [3.63, 3.8) is 0 Å². The van der Waals surface area contributed by atoms with Crippen LogP contribution in [0.2, 0.25) is 10.0 Å². The van der Waals surface area contributed by atoms with Gasteiger partial charge in [-0.15, -0.1) is 5.10 Å². The maximum Gasteiger partial charge on any atom is 0.407 e. The van der Waals surface area contributed by atoms with Gasteiger partial charge in [-0.3, -0.25) is 9.78 Å². The molecule has 0 radical (unpaired) electrons. The molecule has 6 rings (SSSR count). The number of nitrogens with one attached hydrogen (secondary N) is 1. The Hall–Kier alpha value is -4.98. The Kier molecular flexibility index (Phi) is 9.12. The number of carbonyl (C=O) groups excluding carboxylic acids is 1. The molecule has 0 spiro atoms. The number of aliphatic hydroxyl groups is 1. The predicted octanol–water partition coefficient (Wildman–Crippen LogP) is 5.10. The molecule has 13 nitrogen and oxygen atoms in total. The molecule has 0 unspecified atom stereocenters. The fourth-order valence-corrected chi connectivity index (χ4v) is 6.21. The van der Waals surface area contributed by atoms with Gasteiger partial charge in [0, 0.05) is 59.2 Å². The Balaban J connectivity index is 1.32. The van der Waals surface area contributed by atoms with E-state index in [1.165, 1.54) is 19.1 Å². The van der Waals surface area contributed by atoms with Gasteiger partial charge >= 0.3 is 6.09 Å². The summed E-state index contributed by atoms with van der Waals surface area (Å²) < 4.78 is 12.5. The number of nitrogens with zero attached hydrogens (tertiary/aromatic N) is 6. The topological polar surface area (TPSA) is 164 Å². The van der Waals surface area contributed by atoms with Gasteiger partial charge in [-0.05, 0) is 30.7 Å². The lowest BCUT2D eigenvalue weighted by Gasteiger charge is -2.23. The highest BCUT2D eigenvalue weighted by molar-refractivity contribution is 6.39. The number of carboxylic acid groups (broad SMARTS) is 1. The van der Waals surface area contributed by atoms with E-state index in [9.17, 15) is 19.8 Å². The van der Waals surface area contributed by atoms with Gasteiger partial charge in [0.25, 0.3) is 0 Å². The predicted molar refractivity (Wildman–Crippen MR) is 174 cm³/mol. The van der Waals surface area contributed by atoms with Crippen molar-refractivity contribution in [2.45, 2.75) is 32.0 Å². The summed E-state index contributed by atoms with van der Waals surface area (Å²) in [5, 5.41) is 27.2. The maximum atomic E-state index is 12.0. The largest absolute Gasteiger partial charge is 0.481 e. The monoisotopic (exact) mass is 677 g/mol. The van der Waals surface area contributed by atoms with E-state index in [-0.39, 0.29) is 43.3 Å². The molecule has 1 aromatic carbocycles. The first kappa shape index (κ1) is 32.0. The lowest BCUT2D eigenvalue weighted by atomic mass is 10.00. The first-order valence-electron chi connectivity index (χ1n) is 14.5. The normalized spacial score (nSPS) is 14.3. The Bertz CT molecular complexity index is 2000. The van der Waals surface area contributed by atoms with E-state index in [0.29, 0.717) is 73.5 Å². The second-order valence-corrected chi connectivity index (χ2v) is 11.5. The zero-order valence-corrected chi connectivity index (χ0v) is 26.8. The Morgan fingerprint density at radius 3 is 2.53 bits per heavy atom. The van der Waals surface area contributed by atoms with Crippen molar-refractivity contribution in [1.82, 2.24) is 34.8 Å². The number of rotatable bonds is 10. The first-order valence-corrected chi connectivity index (χ1v) is 15.3.